The monoisotopic (exact) mass is 408 g/mol. The van der Waals surface area contributed by atoms with Crippen molar-refractivity contribution >= 4 is 17.6 Å². The van der Waals surface area contributed by atoms with Crippen molar-refractivity contribution in [3.8, 4) is 0 Å². The Morgan fingerprint density at radius 1 is 1.10 bits per heavy atom. The second-order valence-corrected chi connectivity index (χ2v) is 6.87. The van der Waals surface area contributed by atoms with Gasteiger partial charge in [0.15, 0.2) is 0 Å². The lowest BCUT2D eigenvalue weighted by Crippen LogP contribution is -2.37. The van der Waals surface area contributed by atoms with Gasteiger partial charge < -0.3 is 11.1 Å². The molecule has 2 aromatic carbocycles. The SMILES string of the molecule is NC1CCC(N=C(NC(=O)c2ccc(C(F)(F)F)cc2)Nc2cccc(F)c2)C1. The van der Waals surface area contributed by atoms with Gasteiger partial charge in [0.1, 0.15) is 5.82 Å². The maximum Gasteiger partial charge on any atom is 0.416 e. The minimum absolute atomic E-state index is 0.0183. The Labute approximate surface area is 165 Å². The fourth-order valence-electron chi connectivity index (χ4n) is 3.08. The van der Waals surface area contributed by atoms with Crippen molar-refractivity contribution in [1.82, 2.24) is 5.32 Å². The molecule has 154 valence electrons. The van der Waals surface area contributed by atoms with Crippen LogP contribution in [0.15, 0.2) is 53.5 Å². The number of benzene rings is 2. The lowest BCUT2D eigenvalue weighted by atomic mass is 10.1. The Bertz CT molecular complexity index is 896. The molecule has 2 aromatic rings. The molecule has 0 bridgehead atoms. The van der Waals surface area contributed by atoms with Crippen LogP contribution in [0.3, 0.4) is 0 Å². The number of hydrogen-bond acceptors (Lipinski definition) is 3. The van der Waals surface area contributed by atoms with Crippen LogP contribution in [-0.2, 0) is 6.18 Å². The number of aliphatic imine (C=N–C) groups is 1. The maximum atomic E-state index is 13.5. The highest BCUT2D eigenvalue weighted by atomic mass is 19.4. The molecule has 4 N–H and O–H groups in total. The van der Waals surface area contributed by atoms with Gasteiger partial charge >= 0.3 is 6.18 Å². The molecule has 2 atom stereocenters. The van der Waals surface area contributed by atoms with Crippen LogP contribution in [0.25, 0.3) is 0 Å². The highest BCUT2D eigenvalue weighted by molar-refractivity contribution is 6.10. The third-order valence-electron chi connectivity index (χ3n) is 4.55. The van der Waals surface area contributed by atoms with Gasteiger partial charge in [-0.05, 0) is 61.7 Å². The number of rotatable bonds is 3. The first-order chi connectivity index (χ1) is 13.7. The molecule has 0 aromatic heterocycles. The van der Waals surface area contributed by atoms with Crippen LogP contribution < -0.4 is 16.4 Å². The van der Waals surface area contributed by atoms with Gasteiger partial charge in [-0.15, -0.1) is 0 Å². The summed E-state index contributed by atoms with van der Waals surface area (Å²) in [6.45, 7) is 0. The third-order valence-corrected chi connectivity index (χ3v) is 4.55. The molecule has 3 rings (SSSR count). The average Bonchev–Trinajstić information content (AvgIpc) is 3.05. The molecular formula is C20H20F4N4O. The van der Waals surface area contributed by atoms with E-state index in [0.717, 1.165) is 37.1 Å². The van der Waals surface area contributed by atoms with Crippen LogP contribution in [-0.4, -0.2) is 24.0 Å². The lowest BCUT2D eigenvalue weighted by molar-refractivity contribution is -0.137. The number of guanidine groups is 1. The number of anilines is 1. The number of nitrogens with two attached hydrogens (primary N) is 1. The third kappa shape index (κ3) is 5.77. The highest BCUT2D eigenvalue weighted by Crippen LogP contribution is 2.29. The van der Waals surface area contributed by atoms with Crippen molar-refractivity contribution in [3.63, 3.8) is 0 Å². The summed E-state index contributed by atoms with van der Waals surface area (Å²) in [6.07, 6.45) is -2.30. The molecule has 0 heterocycles. The number of halogens is 4. The molecule has 1 saturated carbocycles. The highest BCUT2D eigenvalue weighted by Gasteiger charge is 2.30. The fraction of sp³-hybridized carbons (Fsp3) is 0.300. The molecule has 1 aliphatic rings. The van der Waals surface area contributed by atoms with Gasteiger partial charge in [0.05, 0.1) is 11.6 Å². The van der Waals surface area contributed by atoms with E-state index < -0.39 is 23.5 Å². The minimum atomic E-state index is -4.48. The van der Waals surface area contributed by atoms with Crippen LogP contribution >= 0.6 is 0 Å². The van der Waals surface area contributed by atoms with Crippen LogP contribution in [0.2, 0.25) is 0 Å². The van der Waals surface area contributed by atoms with Crippen molar-refractivity contribution in [2.24, 2.45) is 10.7 Å². The Hall–Kier alpha value is -2.94. The summed E-state index contributed by atoms with van der Waals surface area (Å²) in [7, 11) is 0. The van der Waals surface area contributed by atoms with E-state index in [1.807, 2.05) is 0 Å². The van der Waals surface area contributed by atoms with Crippen molar-refractivity contribution in [2.75, 3.05) is 5.32 Å². The van der Waals surface area contributed by atoms with Gasteiger partial charge in [0, 0.05) is 17.3 Å². The van der Waals surface area contributed by atoms with E-state index in [9.17, 15) is 22.4 Å². The lowest BCUT2D eigenvalue weighted by Gasteiger charge is -2.14. The Morgan fingerprint density at radius 2 is 1.83 bits per heavy atom. The van der Waals surface area contributed by atoms with E-state index in [1.54, 1.807) is 6.07 Å². The minimum Gasteiger partial charge on any atom is -0.328 e. The molecule has 1 aliphatic carbocycles. The Kier molecular flexibility index (Phi) is 6.17. The summed E-state index contributed by atoms with van der Waals surface area (Å²) in [5.41, 5.74) is 5.46. The number of amides is 1. The van der Waals surface area contributed by atoms with E-state index in [-0.39, 0.29) is 23.6 Å². The van der Waals surface area contributed by atoms with Crippen molar-refractivity contribution in [3.05, 3.63) is 65.5 Å². The summed E-state index contributed by atoms with van der Waals surface area (Å²) in [6, 6.07) is 9.36. The average molecular weight is 408 g/mol. The van der Waals surface area contributed by atoms with Crippen molar-refractivity contribution in [2.45, 2.75) is 37.5 Å². The Morgan fingerprint density at radius 3 is 2.41 bits per heavy atom. The zero-order valence-electron chi connectivity index (χ0n) is 15.3. The molecule has 1 fully saturated rings. The first-order valence-corrected chi connectivity index (χ1v) is 9.05. The second kappa shape index (κ2) is 8.60. The summed E-state index contributed by atoms with van der Waals surface area (Å²) in [5, 5.41) is 5.41. The summed E-state index contributed by atoms with van der Waals surface area (Å²) >= 11 is 0. The molecule has 0 radical (unpaired) electrons. The molecule has 0 spiro atoms. The van der Waals surface area contributed by atoms with Crippen LogP contribution in [0.5, 0.6) is 0 Å². The molecule has 1 amide bonds. The van der Waals surface area contributed by atoms with Crippen LogP contribution in [0, 0.1) is 5.82 Å². The van der Waals surface area contributed by atoms with Crippen molar-refractivity contribution in [1.29, 1.82) is 0 Å². The second-order valence-electron chi connectivity index (χ2n) is 6.87. The van der Waals surface area contributed by atoms with Crippen LogP contribution in [0.1, 0.15) is 35.2 Å². The predicted molar refractivity (Wildman–Crippen MR) is 102 cm³/mol. The van der Waals surface area contributed by atoms with E-state index in [0.29, 0.717) is 12.1 Å². The van der Waals surface area contributed by atoms with Gasteiger partial charge in [-0.25, -0.2) is 9.38 Å². The number of hydrogen-bond donors (Lipinski definition) is 3. The molecule has 0 aliphatic heterocycles. The number of nitrogens with zero attached hydrogens (tertiary/aromatic N) is 1. The zero-order valence-corrected chi connectivity index (χ0v) is 15.3. The quantitative estimate of drug-likeness (QED) is 0.409. The molecule has 9 heteroatoms. The number of carbonyl (C=O) groups is 1. The predicted octanol–water partition coefficient (Wildman–Crippen LogP) is 3.92. The first kappa shape index (κ1) is 20.8. The van der Waals surface area contributed by atoms with E-state index in [4.69, 9.17) is 5.73 Å². The molecular weight excluding hydrogens is 388 g/mol. The first-order valence-electron chi connectivity index (χ1n) is 9.05. The van der Waals surface area contributed by atoms with E-state index >= 15 is 0 Å². The number of nitrogens with one attached hydrogen (secondary N) is 2. The largest absolute Gasteiger partial charge is 0.416 e. The van der Waals surface area contributed by atoms with E-state index in [1.165, 1.54) is 18.2 Å². The van der Waals surface area contributed by atoms with Crippen LogP contribution in [0.4, 0.5) is 23.2 Å². The van der Waals surface area contributed by atoms with Gasteiger partial charge in [-0.2, -0.15) is 13.2 Å². The Balaban J connectivity index is 1.78. The van der Waals surface area contributed by atoms with E-state index in [2.05, 4.69) is 15.6 Å². The summed E-state index contributed by atoms with van der Waals surface area (Å²) < 4.78 is 51.5. The van der Waals surface area contributed by atoms with Gasteiger partial charge in [0.25, 0.3) is 5.91 Å². The smallest absolute Gasteiger partial charge is 0.328 e. The maximum absolute atomic E-state index is 13.5. The standard InChI is InChI=1S/C20H20F4N4O/c21-14-2-1-3-16(10-14)26-19(27-17-9-8-15(25)11-17)28-18(29)12-4-6-13(7-5-12)20(22,23)24/h1-7,10,15,17H,8-9,11,25H2,(H2,26,27,28,29). The van der Waals surface area contributed by atoms with Gasteiger partial charge in [-0.3, -0.25) is 10.1 Å². The van der Waals surface area contributed by atoms with Gasteiger partial charge in [0.2, 0.25) is 5.96 Å². The zero-order chi connectivity index (χ0) is 21.0. The summed E-state index contributed by atoms with van der Waals surface area (Å²) in [5.74, 6) is -1.02. The number of carbonyl (C=O) groups excluding carboxylic acids is 1. The summed E-state index contributed by atoms with van der Waals surface area (Å²) in [4.78, 5) is 17.0. The molecule has 29 heavy (non-hydrogen) atoms. The molecule has 2 unspecified atom stereocenters. The number of alkyl halides is 3. The molecule has 5 nitrogen and oxygen atoms in total. The van der Waals surface area contributed by atoms with Gasteiger partial charge in [-0.1, -0.05) is 6.07 Å². The molecule has 0 saturated heterocycles. The fourth-order valence-corrected chi connectivity index (χ4v) is 3.08. The van der Waals surface area contributed by atoms with Crippen molar-refractivity contribution < 1.29 is 22.4 Å². The topological polar surface area (TPSA) is 79.5 Å². The normalized spacial score (nSPS) is 19.8.